The van der Waals surface area contributed by atoms with E-state index in [2.05, 4.69) is 20.7 Å². The monoisotopic (exact) mass is 499 g/mol. The molecule has 0 radical (unpaired) electrons. The van der Waals surface area contributed by atoms with Crippen LogP contribution < -0.4 is 10.6 Å². The largest absolute Gasteiger partial charge is 0.373 e. The summed E-state index contributed by atoms with van der Waals surface area (Å²) in [5, 5.41) is 27.0. The van der Waals surface area contributed by atoms with Crippen LogP contribution in [-0.4, -0.2) is 52.4 Å². The van der Waals surface area contributed by atoms with E-state index in [4.69, 9.17) is 15.1 Å². The fraction of sp³-hybridized carbons (Fsp3) is 0.269. The predicted octanol–water partition coefficient (Wildman–Crippen LogP) is 3.41. The maximum Gasteiger partial charge on any atom is 0.184 e. The van der Waals surface area contributed by atoms with Gasteiger partial charge in [0.2, 0.25) is 0 Å². The normalized spacial score (nSPS) is 16.1. The summed E-state index contributed by atoms with van der Waals surface area (Å²) in [6.07, 6.45) is 4.49. The van der Waals surface area contributed by atoms with Crippen molar-refractivity contribution >= 4 is 22.7 Å². The Hall–Kier alpha value is -4.38. The number of halogens is 1. The molecule has 0 saturated carbocycles. The first-order valence-corrected chi connectivity index (χ1v) is 12.1. The fourth-order valence-corrected chi connectivity index (χ4v) is 4.65. The first-order valence-electron chi connectivity index (χ1n) is 12.1. The molecule has 0 fully saturated rings. The van der Waals surface area contributed by atoms with E-state index in [-0.39, 0.29) is 12.4 Å². The summed E-state index contributed by atoms with van der Waals surface area (Å²) < 4.78 is 17.9. The molecule has 1 aliphatic heterocycles. The molecule has 1 unspecified atom stereocenters. The third kappa shape index (κ3) is 4.06. The number of anilines is 2. The SMILES string of the molecule is CC1(C)c2c(NCCn3cccn3)nc(-c3nn(Cc4ccccc4F)c4ncccc34)nc2NC1O. The molecule has 1 atom stereocenters. The van der Waals surface area contributed by atoms with Crippen LogP contribution in [-0.2, 0) is 18.5 Å². The van der Waals surface area contributed by atoms with E-state index in [0.29, 0.717) is 47.5 Å². The van der Waals surface area contributed by atoms with Gasteiger partial charge in [-0.3, -0.25) is 4.68 Å². The average Bonchev–Trinajstić information content (AvgIpc) is 3.58. The average molecular weight is 500 g/mol. The van der Waals surface area contributed by atoms with Gasteiger partial charge in [0.25, 0.3) is 0 Å². The quantitative estimate of drug-likeness (QED) is 0.312. The number of aromatic nitrogens is 7. The number of aliphatic hydroxyl groups is 1. The van der Waals surface area contributed by atoms with Gasteiger partial charge in [0.15, 0.2) is 11.5 Å². The van der Waals surface area contributed by atoms with Crippen LogP contribution in [0.25, 0.3) is 22.6 Å². The van der Waals surface area contributed by atoms with Crippen LogP contribution in [0.2, 0.25) is 0 Å². The van der Waals surface area contributed by atoms with E-state index < -0.39 is 11.6 Å². The molecule has 0 amide bonds. The van der Waals surface area contributed by atoms with E-state index in [1.165, 1.54) is 6.07 Å². The van der Waals surface area contributed by atoms with Crippen molar-refractivity contribution in [2.24, 2.45) is 0 Å². The van der Waals surface area contributed by atoms with Gasteiger partial charge in [0.1, 0.15) is 29.4 Å². The Morgan fingerprint density at radius 3 is 2.78 bits per heavy atom. The molecule has 188 valence electrons. The summed E-state index contributed by atoms with van der Waals surface area (Å²) in [5.41, 5.74) is 1.82. The number of hydrogen-bond donors (Lipinski definition) is 3. The lowest BCUT2D eigenvalue weighted by Gasteiger charge is -2.24. The van der Waals surface area contributed by atoms with Crippen molar-refractivity contribution in [2.45, 2.75) is 38.6 Å². The molecule has 4 aromatic heterocycles. The second kappa shape index (κ2) is 8.93. The zero-order valence-electron chi connectivity index (χ0n) is 20.4. The van der Waals surface area contributed by atoms with Crippen LogP contribution in [0.1, 0.15) is 25.0 Å². The van der Waals surface area contributed by atoms with Gasteiger partial charge in [0.05, 0.1) is 18.5 Å². The Bertz CT molecular complexity index is 1580. The van der Waals surface area contributed by atoms with E-state index >= 15 is 0 Å². The van der Waals surface area contributed by atoms with Gasteiger partial charge in [-0.2, -0.15) is 10.2 Å². The molecule has 0 aliphatic carbocycles. The van der Waals surface area contributed by atoms with Crippen LogP contribution in [0.3, 0.4) is 0 Å². The minimum atomic E-state index is -0.823. The molecule has 5 aromatic rings. The Morgan fingerprint density at radius 1 is 1.11 bits per heavy atom. The molecular formula is C26H26FN9O. The molecule has 10 nitrogen and oxygen atoms in total. The van der Waals surface area contributed by atoms with E-state index in [1.807, 2.05) is 42.9 Å². The van der Waals surface area contributed by atoms with Crippen LogP contribution in [0.4, 0.5) is 16.0 Å². The first kappa shape index (κ1) is 23.0. The summed E-state index contributed by atoms with van der Waals surface area (Å²) in [4.78, 5) is 14.1. The smallest absolute Gasteiger partial charge is 0.184 e. The number of aliphatic hydroxyl groups excluding tert-OH is 1. The van der Waals surface area contributed by atoms with Crippen molar-refractivity contribution in [3.05, 3.63) is 78.0 Å². The van der Waals surface area contributed by atoms with Crippen molar-refractivity contribution in [1.29, 1.82) is 0 Å². The van der Waals surface area contributed by atoms with E-state index in [1.54, 1.807) is 35.3 Å². The Kier molecular flexibility index (Phi) is 5.56. The fourth-order valence-electron chi connectivity index (χ4n) is 4.65. The van der Waals surface area contributed by atoms with Gasteiger partial charge in [-0.25, -0.2) is 24.0 Å². The predicted molar refractivity (Wildman–Crippen MR) is 137 cm³/mol. The topological polar surface area (TPSA) is 119 Å². The molecule has 0 spiro atoms. The standard InChI is InChI=1S/C26H26FN9O/c1-26(2)19-21(28-12-14-35-13-6-11-30-35)31-23(32-22(19)33-25(26)37)20-17-8-5-10-29-24(17)36(34-20)15-16-7-3-4-9-18(16)27/h3-11,13,25,37H,12,14-15H2,1-2H3,(H2,28,31,32,33). The van der Waals surface area contributed by atoms with Gasteiger partial charge in [0, 0.05) is 41.7 Å². The zero-order valence-corrected chi connectivity index (χ0v) is 20.4. The summed E-state index contributed by atoms with van der Waals surface area (Å²) in [7, 11) is 0. The molecule has 37 heavy (non-hydrogen) atoms. The number of nitrogens with zero attached hydrogens (tertiary/aromatic N) is 7. The van der Waals surface area contributed by atoms with Crippen molar-refractivity contribution in [3.8, 4) is 11.5 Å². The minimum absolute atomic E-state index is 0.212. The second-order valence-corrected chi connectivity index (χ2v) is 9.56. The molecule has 6 rings (SSSR count). The highest BCUT2D eigenvalue weighted by Gasteiger charge is 2.42. The molecule has 1 aromatic carbocycles. The molecule has 11 heteroatoms. The van der Waals surface area contributed by atoms with Gasteiger partial charge >= 0.3 is 0 Å². The summed E-state index contributed by atoms with van der Waals surface area (Å²) in [6, 6.07) is 12.2. The maximum absolute atomic E-state index is 14.4. The Morgan fingerprint density at radius 2 is 1.97 bits per heavy atom. The number of pyridine rings is 1. The van der Waals surface area contributed by atoms with Crippen molar-refractivity contribution in [1.82, 2.24) is 34.5 Å². The first-order chi connectivity index (χ1) is 17.9. The van der Waals surface area contributed by atoms with Gasteiger partial charge in [-0.1, -0.05) is 32.0 Å². The lowest BCUT2D eigenvalue weighted by atomic mass is 9.86. The number of fused-ring (bicyclic) bond motifs is 2. The molecule has 3 N–H and O–H groups in total. The number of rotatable bonds is 7. The Balaban J connectivity index is 1.43. The minimum Gasteiger partial charge on any atom is -0.373 e. The molecule has 1 aliphatic rings. The highest BCUT2D eigenvalue weighted by atomic mass is 19.1. The number of hydrogen-bond acceptors (Lipinski definition) is 8. The molecule has 0 bridgehead atoms. The van der Waals surface area contributed by atoms with Crippen molar-refractivity contribution in [3.63, 3.8) is 0 Å². The lowest BCUT2D eigenvalue weighted by molar-refractivity contribution is 0.137. The van der Waals surface area contributed by atoms with E-state index in [0.717, 1.165) is 10.9 Å². The zero-order chi connectivity index (χ0) is 25.6. The number of nitrogens with one attached hydrogen (secondary N) is 2. The third-order valence-electron chi connectivity index (χ3n) is 6.70. The molecular weight excluding hydrogens is 473 g/mol. The van der Waals surface area contributed by atoms with Crippen LogP contribution in [0.5, 0.6) is 0 Å². The number of benzene rings is 1. The molecule has 5 heterocycles. The highest BCUT2D eigenvalue weighted by molar-refractivity contribution is 5.90. The molecule has 0 saturated heterocycles. The van der Waals surface area contributed by atoms with Crippen LogP contribution in [0, 0.1) is 5.82 Å². The lowest BCUT2D eigenvalue weighted by Crippen LogP contribution is -2.33. The summed E-state index contributed by atoms with van der Waals surface area (Å²) in [6.45, 7) is 5.31. The van der Waals surface area contributed by atoms with Crippen LogP contribution >= 0.6 is 0 Å². The van der Waals surface area contributed by atoms with Crippen molar-refractivity contribution < 1.29 is 9.50 Å². The highest BCUT2D eigenvalue weighted by Crippen LogP contribution is 2.43. The third-order valence-corrected chi connectivity index (χ3v) is 6.70. The van der Waals surface area contributed by atoms with Crippen LogP contribution in [0.15, 0.2) is 61.1 Å². The summed E-state index contributed by atoms with van der Waals surface area (Å²) >= 11 is 0. The van der Waals surface area contributed by atoms with Gasteiger partial charge in [-0.15, -0.1) is 0 Å². The maximum atomic E-state index is 14.4. The van der Waals surface area contributed by atoms with Gasteiger partial charge in [-0.05, 0) is 24.3 Å². The second-order valence-electron chi connectivity index (χ2n) is 9.56. The summed E-state index contributed by atoms with van der Waals surface area (Å²) in [5.74, 6) is 1.23. The van der Waals surface area contributed by atoms with Crippen molar-refractivity contribution in [2.75, 3.05) is 17.2 Å². The van der Waals surface area contributed by atoms with Gasteiger partial charge < -0.3 is 15.7 Å². The Labute approximate surface area is 212 Å². The van der Waals surface area contributed by atoms with E-state index in [9.17, 15) is 9.50 Å².